The number of thiazole rings is 1. The molecular weight excluding hydrogens is 374 g/mol. The van der Waals surface area contributed by atoms with Crippen molar-refractivity contribution in [1.29, 1.82) is 0 Å². The van der Waals surface area contributed by atoms with E-state index in [1.54, 1.807) is 16.7 Å². The monoisotopic (exact) mass is 395 g/mol. The Hall–Kier alpha value is -2.26. The summed E-state index contributed by atoms with van der Waals surface area (Å²) in [6, 6.07) is 1.92. The van der Waals surface area contributed by atoms with Crippen LogP contribution in [0, 0.1) is 0 Å². The number of rotatable bonds is 6. The fourth-order valence-electron chi connectivity index (χ4n) is 1.96. The smallest absolute Gasteiger partial charge is 0.358 e. The predicted molar refractivity (Wildman–Crippen MR) is 101 cm³/mol. The average molecular weight is 396 g/mol. The van der Waals surface area contributed by atoms with Crippen LogP contribution in [0.25, 0.3) is 10.6 Å². The summed E-state index contributed by atoms with van der Waals surface area (Å²) in [5, 5.41) is 8.95. The maximum absolute atomic E-state index is 12.0. The third-order valence-electron chi connectivity index (χ3n) is 3.13. The average Bonchev–Trinajstić information content (AvgIpc) is 3.20. The molecule has 7 nitrogen and oxygen atoms in total. The lowest BCUT2D eigenvalue weighted by Crippen LogP contribution is -2.46. The van der Waals surface area contributed by atoms with Gasteiger partial charge in [0.2, 0.25) is 5.91 Å². The van der Waals surface area contributed by atoms with Crippen molar-refractivity contribution in [2.75, 3.05) is 20.2 Å². The Kier molecular flexibility index (Phi) is 6.49. The van der Waals surface area contributed by atoms with Gasteiger partial charge in [0.1, 0.15) is 5.01 Å². The van der Waals surface area contributed by atoms with Gasteiger partial charge in [0.15, 0.2) is 12.3 Å². The van der Waals surface area contributed by atoms with E-state index in [1.807, 2.05) is 37.6 Å². The van der Waals surface area contributed by atoms with Gasteiger partial charge in [0.25, 0.3) is 5.91 Å². The minimum atomic E-state index is -0.663. The van der Waals surface area contributed by atoms with Crippen molar-refractivity contribution in [3.63, 3.8) is 0 Å². The molecule has 0 bridgehead atoms. The SMILES string of the molecule is CN(CC(=O)NC(C)(C)C)C(=O)COC(=O)c1csc(-c2ccsc2)n1. The molecule has 0 saturated carbocycles. The summed E-state index contributed by atoms with van der Waals surface area (Å²) in [5.41, 5.74) is 0.731. The van der Waals surface area contributed by atoms with E-state index in [-0.39, 0.29) is 23.7 Å². The van der Waals surface area contributed by atoms with Gasteiger partial charge in [-0.15, -0.1) is 11.3 Å². The van der Waals surface area contributed by atoms with Crippen LogP contribution in [0.15, 0.2) is 22.2 Å². The number of esters is 1. The number of ether oxygens (including phenoxy) is 1. The Morgan fingerprint density at radius 2 is 2.00 bits per heavy atom. The summed E-state index contributed by atoms with van der Waals surface area (Å²) >= 11 is 2.88. The lowest BCUT2D eigenvalue weighted by atomic mass is 10.1. The van der Waals surface area contributed by atoms with Gasteiger partial charge >= 0.3 is 5.97 Å². The first-order valence-corrected chi connectivity index (χ1v) is 9.68. The second kappa shape index (κ2) is 8.41. The van der Waals surface area contributed by atoms with Crippen LogP contribution in [0.3, 0.4) is 0 Å². The Bertz CT molecular complexity index is 778. The van der Waals surface area contributed by atoms with Crippen LogP contribution in [0.2, 0.25) is 0 Å². The first kappa shape index (κ1) is 20.1. The Labute approximate surface area is 160 Å². The minimum Gasteiger partial charge on any atom is -0.451 e. The van der Waals surface area contributed by atoms with Crippen molar-refractivity contribution in [3.8, 4) is 10.6 Å². The number of aromatic nitrogens is 1. The Morgan fingerprint density at radius 1 is 1.27 bits per heavy atom. The minimum absolute atomic E-state index is 0.105. The maximum atomic E-state index is 12.0. The molecule has 0 saturated heterocycles. The summed E-state index contributed by atoms with van der Waals surface area (Å²) in [4.78, 5) is 41.3. The molecule has 2 heterocycles. The van der Waals surface area contributed by atoms with E-state index in [4.69, 9.17) is 4.74 Å². The van der Waals surface area contributed by atoms with Crippen LogP contribution >= 0.6 is 22.7 Å². The van der Waals surface area contributed by atoms with Gasteiger partial charge in [-0.1, -0.05) is 0 Å². The summed E-state index contributed by atoms with van der Waals surface area (Å²) in [6.07, 6.45) is 0. The molecule has 0 aliphatic heterocycles. The van der Waals surface area contributed by atoms with E-state index in [0.717, 1.165) is 10.6 Å². The maximum Gasteiger partial charge on any atom is 0.358 e. The molecular formula is C17H21N3O4S2. The van der Waals surface area contributed by atoms with E-state index < -0.39 is 18.5 Å². The zero-order valence-corrected chi connectivity index (χ0v) is 16.7. The van der Waals surface area contributed by atoms with Crippen LogP contribution in [-0.2, 0) is 14.3 Å². The Balaban J connectivity index is 1.83. The second-order valence-electron chi connectivity index (χ2n) is 6.67. The van der Waals surface area contributed by atoms with E-state index in [0.29, 0.717) is 0 Å². The standard InChI is InChI=1S/C17H21N3O4S2/c1-17(2,3)19-13(21)7-20(4)14(22)8-24-16(23)12-10-26-15(18-12)11-5-6-25-9-11/h5-6,9-10H,7-8H2,1-4H3,(H,19,21). The molecule has 2 aromatic rings. The van der Waals surface area contributed by atoms with Gasteiger partial charge in [0.05, 0.1) is 6.54 Å². The van der Waals surface area contributed by atoms with Crippen molar-refractivity contribution in [2.24, 2.45) is 0 Å². The van der Waals surface area contributed by atoms with E-state index >= 15 is 0 Å². The number of carbonyl (C=O) groups is 3. The van der Waals surface area contributed by atoms with Crippen molar-refractivity contribution in [2.45, 2.75) is 26.3 Å². The molecule has 2 aromatic heterocycles. The van der Waals surface area contributed by atoms with Gasteiger partial charge in [-0.25, -0.2) is 9.78 Å². The molecule has 0 radical (unpaired) electrons. The first-order chi connectivity index (χ1) is 12.2. The highest BCUT2D eigenvalue weighted by atomic mass is 32.1. The van der Waals surface area contributed by atoms with Crippen LogP contribution in [0.1, 0.15) is 31.3 Å². The normalized spacial score (nSPS) is 11.1. The van der Waals surface area contributed by atoms with Crippen LogP contribution < -0.4 is 5.32 Å². The molecule has 140 valence electrons. The molecule has 0 fully saturated rings. The lowest BCUT2D eigenvalue weighted by molar-refractivity contribution is -0.137. The van der Waals surface area contributed by atoms with Crippen LogP contribution in [0.4, 0.5) is 0 Å². The number of hydrogen-bond acceptors (Lipinski definition) is 7. The number of amides is 2. The second-order valence-corrected chi connectivity index (χ2v) is 8.31. The summed E-state index contributed by atoms with van der Waals surface area (Å²) in [5.74, 6) is -1.40. The fraction of sp³-hybridized carbons (Fsp3) is 0.412. The number of thiophene rings is 1. The highest BCUT2D eigenvalue weighted by Gasteiger charge is 2.20. The van der Waals surface area contributed by atoms with Crippen molar-refractivity contribution < 1.29 is 19.1 Å². The predicted octanol–water partition coefficient (Wildman–Crippen LogP) is 2.40. The van der Waals surface area contributed by atoms with E-state index in [2.05, 4.69) is 10.3 Å². The van der Waals surface area contributed by atoms with Gasteiger partial charge in [-0.05, 0) is 32.2 Å². The fourth-order valence-corrected chi connectivity index (χ4v) is 3.46. The summed E-state index contributed by atoms with van der Waals surface area (Å²) < 4.78 is 5.01. The van der Waals surface area contributed by atoms with Crippen molar-refractivity contribution in [3.05, 3.63) is 27.9 Å². The number of nitrogens with one attached hydrogen (secondary N) is 1. The number of nitrogens with zero attached hydrogens (tertiary/aromatic N) is 2. The zero-order valence-electron chi connectivity index (χ0n) is 15.1. The third-order valence-corrected chi connectivity index (χ3v) is 4.70. The molecule has 0 unspecified atom stereocenters. The van der Waals surface area contributed by atoms with Crippen molar-refractivity contribution in [1.82, 2.24) is 15.2 Å². The lowest BCUT2D eigenvalue weighted by Gasteiger charge is -2.23. The van der Waals surface area contributed by atoms with Gasteiger partial charge in [-0.3, -0.25) is 9.59 Å². The zero-order chi connectivity index (χ0) is 19.3. The molecule has 0 aliphatic rings. The first-order valence-electron chi connectivity index (χ1n) is 7.86. The molecule has 26 heavy (non-hydrogen) atoms. The molecule has 0 spiro atoms. The van der Waals surface area contributed by atoms with E-state index in [1.165, 1.54) is 23.3 Å². The van der Waals surface area contributed by atoms with Crippen LogP contribution in [0.5, 0.6) is 0 Å². The summed E-state index contributed by atoms with van der Waals surface area (Å²) in [6.45, 7) is 5.02. The molecule has 1 N–H and O–H groups in total. The quantitative estimate of drug-likeness (QED) is 0.759. The molecule has 0 aliphatic carbocycles. The molecule has 0 atom stereocenters. The van der Waals surface area contributed by atoms with Crippen molar-refractivity contribution >= 4 is 40.5 Å². The van der Waals surface area contributed by atoms with Gasteiger partial charge < -0.3 is 15.0 Å². The Morgan fingerprint density at radius 3 is 2.62 bits per heavy atom. The topological polar surface area (TPSA) is 88.6 Å². The molecule has 2 amide bonds. The largest absolute Gasteiger partial charge is 0.451 e. The highest BCUT2D eigenvalue weighted by Crippen LogP contribution is 2.25. The molecule has 0 aromatic carbocycles. The molecule has 9 heteroatoms. The van der Waals surface area contributed by atoms with Gasteiger partial charge in [-0.2, -0.15) is 11.3 Å². The number of likely N-dealkylation sites (N-methyl/N-ethyl adjacent to an activating group) is 1. The van der Waals surface area contributed by atoms with Gasteiger partial charge in [0, 0.05) is 28.9 Å². The number of carbonyl (C=O) groups excluding carboxylic acids is 3. The summed E-state index contributed by atoms with van der Waals surface area (Å²) in [7, 11) is 1.48. The third kappa shape index (κ3) is 5.92. The molecule has 2 rings (SSSR count). The number of hydrogen-bond donors (Lipinski definition) is 1. The van der Waals surface area contributed by atoms with E-state index in [9.17, 15) is 14.4 Å². The van der Waals surface area contributed by atoms with Crippen LogP contribution in [-0.4, -0.2) is 53.4 Å². The highest BCUT2D eigenvalue weighted by molar-refractivity contribution is 7.14.